The van der Waals surface area contributed by atoms with Gasteiger partial charge in [0, 0.05) is 23.9 Å². The summed E-state index contributed by atoms with van der Waals surface area (Å²) in [5, 5.41) is 9.68. The highest BCUT2D eigenvalue weighted by Gasteiger charge is 2.58. The quantitative estimate of drug-likeness (QED) is 0.302. The Morgan fingerprint density at radius 2 is 1.41 bits per heavy atom. The number of halogens is 8. The molecule has 1 unspecified atom stereocenters. The number of hydrogen-bond acceptors (Lipinski definition) is 3. The average Bonchev–Trinajstić information content (AvgIpc) is 2.77. The minimum absolute atomic E-state index is 0.114. The molecular formula is C26H23F8NO2. The van der Waals surface area contributed by atoms with Crippen LogP contribution in [0.5, 0.6) is 11.5 Å². The second-order valence-corrected chi connectivity index (χ2v) is 8.63. The topological polar surface area (TPSA) is 32.7 Å². The number of aliphatic hydroxyl groups is 1. The normalized spacial score (nSPS) is 13.4. The van der Waals surface area contributed by atoms with Crippen LogP contribution < -0.4 is 9.64 Å². The molecule has 3 aromatic rings. The molecule has 1 N–H and O–H groups in total. The summed E-state index contributed by atoms with van der Waals surface area (Å²) in [6.07, 6.45) is -13.6. The fraction of sp³-hybridized carbons (Fsp3) is 0.308. The molecule has 0 heterocycles. The van der Waals surface area contributed by atoms with Crippen molar-refractivity contribution < 1.29 is 45.0 Å². The van der Waals surface area contributed by atoms with Crippen LogP contribution in [0.1, 0.15) is 22.3 Å². The van der Waals surface area contributed by atoms with Crippen molar-refractivity contribution in [1.29, 1.82) is 0 Å². The molecule has 37 heavy (non-hydrogen) atoms. The van der Waals surface area contributed by atoms with Crippen LogP contribution in [-0.4, -0.2) is 30.1 Å². The highest BCUT2D eigenvalue weighted by atomic mass is 19.4. The first-order valence-corrected chi connectivity index (χ1v) is 11.0. The number of anilines is 1. The van der Waals surface area contributed by atoms with Crippen molar-refractivity contribution in [1.82, 2.24) is 0 Å². The van der Waals surface area contributed by atoms with Crippen molar-refractivity contribution >= 4 is 5.69 Å². The van der Waals surface area contributed by atoms with E-state index in [4.69, 9.17) is 4.74 Å². The van der Waals surface area contributed by atoms with Gasteiger partial charge in [-0.05, 0) is 60.9 Å². The fourth-order valence-electron chi connectivity index (χ4n) is 3.69. The maximum atomic E-state index is 13.8. The molecule has 0 saturated heterocycles. The van der Waals surface area contributed by atoms with Crippen molar-refractivity contribution in [2.45, 2.75) is 44.8 Å². The number of benzene rings is 3. The lowest BCUT2D eigenvalue weighted by atomic mass is 10.0. The lowest BCUT2D eigenvalue weighted by molar-refractivity contribution is -0.289. The molecule has 0 amide bonds. The van der Waals surface area contributed by atoms with Crippen LogP contribution in [0.4, 0.5) is 40.8 Å². The summed E-state index contributed by atoms with van der Waals surface area (Å²) in [7, 11) is 0. The smallest absolute Gasteiger partial charge is 0.457 e. The second-order valence-electron chi connectivity index (χ2n) is 8.63. The first-order chi connectivity index (χ1) is 17.1. The molecule has 0 bridgehead atoms. The molecule has 0 radical (unpaired) electrons. The van der Waals surface area contributed by atoms with Crippen LogP contribution in [0.25, 0.3) is 0 Å². The predicted molar refractivity (Wildman–Crippen MR) is 122 cm³/mol. The zero-order valence-corrected chi connectivity index (χ0v) is 19.7. The third-order valence-electron chi connectivity index (χ3n) is 5.40. The van der Waals surface area contributed by atoms with E-state index in [1.54, 1.807) is 18.2 Å². The number of hydrogen-bond donors (Lipinski definition) is 1. The maximum absolute atomic E-state index is 13.8. The minimum Gasteiger partial charge on any atom is -0.457 e. The summed E-state index contributed by atoms with van der Waals surface area (Å²) in [4.78, 5) is 1.03. The van der Waals surface area contributed by atoms with Crippen molar-refractivity contribution in [3.8, 4) is 11.5 Å². The molecule has 0 aliphatic heterocycles. The van der Waals surface area contributed by atoms with Crippen molar-refractivity contribution in [2.24, 2.45) is 0 Å². The number of ether oxygens (including phenoxy) is 1. The molecular weight excluding hydrogens is 510 g/mol. The number of alkyl halides is 8. The molecule has 11 heteroatoms. The van der Waals surface area contributed by atoms with Crippen LogP contribution in [-0.2, 0) is 12.5 Å². The molecule has 0 fully saturated rings. The lowest BCUT2D eigenvalue weighted by Crippen LogP contribution is -2.41. The molecule has 3 rings (SSSR count). The molecule has 1 atom stereocenters. The van der Waals surface area contributed by atoms with Gasteiger partial charge in [-0.25, -0.2) is 0 Å². The molecule has 3 nitrogen and oxygen atoms in total. The number of rotatable bonds is 8. The van der Waals surface area contributed by atoms with Crippen molar-refractivity contribution in [3.05, 3.63) is 89.0 Å². The molecule has 0 aliphatic rings. The number of aliphatic hydroxyl groups excluding tert-OH is 1. The summed E-state index contributed by atoms with van der Waals surface area (Å²) in [6, 6.07) is 14.6. The third-order valence-corrected chi connectivity index (χ3v) is 5.40. The monoisotopic (exact) mass is 533 g/mol. The molecule has 0 saturated carbocycles. The molecule has 0 spiro atoms. The Hall–Kier alpha value is -3.34. The summed E-state index contributed by atoms with van der Waals surface area (Å²) in [5.41, 5.74) is 0.489. The molecule has 0 aromatic heterocycles. The number of nitrogens with zero attached hydrogens (tertiary/aromatic N) is 1. The van der Waals surface area contributed by atoms with Crippen molar-refractivity contribution in [2.75, 3.05) is 11.4 Å². The third kappa shape index (κ3) is 7.12. The van der Waals surface area contributed by atoms with Gasteiger partial charge < -0.3 is 14.7 Å². The Morgan fingerprint density at radius 3 is 2.00 bits per heavy atom. The summed E-state index contributed by atoms with van der Waals surface area (Å²) >= 11 is 0. The van der Waals surface area contributed by atoms with Crippen LogP contribution in [0.2, 0.25) is 0 Å². The summed E-state index contributed by atoms with van der Waals surface area (Å²) in [5.74, 6) is -4.44. The maximum Gasteiger partial charge on any atom is 0.458 e. The average molecular weight is 533 g/mol. The van der Waals surface area contributed by atoms with Crippen molar-refractivity contribution in [3.63, 3.8) is 0 Å². The van der Waals surface area contributed by atoms with Gasteiger partial charge in [-0.1, -0.05) is 30.3 Å². The van der Waals surface area contributed by atoms with Gasteiger partial charge in [-0.2, -0.15) is 35.1 Å². The van der Waals surface area contributed by atoms with E-state index in [-0.39, 0.29) is 17.0 Å². The van der Waals surface area contributed by atoms with E-state index in [2.05, 4.69) is 0 Å². The second kappa shape index (κ2) is 10.6. The minimum atomic E-state index is -5.85. The van der Waals surface area contributed by atoms with Gasteiger partial charge in [0.2, 0.25) is 0 Å². The van der Waals surface area contributed by atoms with Gasteiger partial charge in [-0.15, -0.1) is 0 Å². The largest absolute Gasteiger partial charge is 0.458 e. The van der Waals surface area contributed by atoms with Gasteiger partial charge in [0.1, 0.15) is 11.5 Å². The van der Waals surface area contributed by atoms with Gasteiger partial charge in [-0.3, -0.25) is 0 Å². The Kier molecular flexibility index (Phi) is 8.06. The van der Waals surface area contributed by atoms with E-state index >= 15 is 0 Å². The van der Waals surface area contributed by atoms with Crippen LogP contribution in [0.15, 0.2) is 66.7 Å². The predicted octanol–water partition coefficient (Wildman–Crippen LogP) is 7.68. The standard InChI is InChI=1S/C26H23F8NO2/c1-16-9-17(2)11-22(10-16)37-21-8-4-7-20(13-21)35(15-23(36)25(29,30)31)14-18-5-3-6-19(12-18)24(27,28)26(32,33)34/h3-13,23,36H,14-15H2,1-2H3. The number of aryl methyl sites for hydroxylation is 2. The van der Waals surface area contributed by atoms with Crippen LogP contribution >= 0.6 is 0 Å². The molecule has 0 aliphatic carbocycles. The summed E-state index contributed by atoms with van der Waals surface area (Å²) < 4.78 is 111. The van der Waals surface area contributed by atoms with Gasteiger partial charge in [0.25, 0.3) is 0 Å². The van der Waals surface area contributed by atoms with Gasteiger partial charge in [0.15, 0.2) is 6.10 Å². The zero-order chi connectivity index (χ0) is 27.6. The van der Waals surface area contributed by atoms with E-state index in [1.807, 2.05) is 19.9 Å². The van der Waals surface area contributed by atoms with Crippen LogP contribution in [0, 0.1) is 13.8 Å². The first kappa shape index (κ1) is 28.2. The lowest BCUT2D eigenvalue weighted by Gasteiger charge is -2.29. The Balaban J connectivity index is 1.95. The van der Waals surface area contributed by atoms with Crippen LogP contribution in [0.3, 0.4) is 0 Å². The summed E-state index contributed by atoms with van der Waals surface area (Å²) in [6.45, 7) is 2.21. The fourth-order valence-corrected chi connectivity index (χ4v) is 3.69. The first-order valence-electron chi connectivity index (χ1n) is 11.0. The molecule has 200 valence electrons. The zero-order valence-electron chi connectivity index (χ0n) is 19.7. The van der Waals surface area contributed by atoms with Gasteiger partial charge in [0.05, 0.1) is 6.54 Å². The van der Waals surface area contributed by atoms with E-state index in [0.29, 0.717) is 17.9 Å². The van der Waals surface area contributed by atoms with E-state index in [0.717, 1.165) is 22.1 Å². The Labute approximate surface area is 207 Å². The molecule has 3 aromatic carbocycles. The highest BCUT2D eigenvalue weighted by Crippen LogP contribution is 2.44. The Morgan fingerprint density at radius 1 is 0.784 bits per heavy atom. The Bertz CT molecular complexity index is 1200. The van der Waals surface area contributed by atoms with E-state index in [9.17, 15) is 40.2 Å². The van der Waals surface area contributed by atoms with Gasteiger partial charge >= 0.3 is 18.3 Å². The highest BCUT2D eigenvalue weighted by molar-refractivity contribution is 5.52. The SMILES string of the molecule is Cc1cc(C)cc(Oc2cccc(N(Cc3cccc(C(F)(F)C(F)(F)F)c3)CC(O)C(F)(F)F)c2)c1. The van der Waals surface area contributed by atoms with E-state index < -0.39 is 43.0 Å². The van der Waals surface area contributed by atoms with E-state index in [1.165, 1.54) is 24.3 Å².